The Morgan fingerprint density at radius 1 is 1.12 bits per heavy atom. The van der Waals surface area contributed by atoms with Crippen LogP contribution in [0.5, 0.6) is 0 Å². The second-order valence-corrected chi connectivity index (χ2v) is 4.00. The molecule has 2 nitrogen and oxygen atoms in total. The Balaban J connectivity index is 2.52. The molecule has 0 saturated heterocycles. The molecule has 0 aliphatic carbocycles. The average molecular weight is 212 g/mol. The van der Waals surface area contributed by atoms with Crippen molar-refractivity contribution in [3.63, 3.8) is 0 Å². The van der Waals surface area contributed by atoms with E-state index in [-0.39, 0.29) is 0 Å². The highest BCUT2D eigenvalue weighted by Gasteiger charge is 2.18. The summed E-state index contributed by atoms with van der Waals surface area (Å²) >= 11 is 0. The van der Waals surface area contributed by atoms with Crippen LogP contribution in [0.4, 0.5) is 0 Å². The van der Waals surface area contributed by atoms with E-state index in [1.807, 2.05) is 6.92 Å². The molecule has 16 heavy (non-hydrogen) atoms. The maximum absolute atomic E-state index is 5.87. The maximum Gasteiger partial charge on any atom is 0.344 e. The number of benzene rings is 2. The van der Waals surface area contributed by atoms with Gasteiger partial charge in [0.1, 0.15) is 6.54 Å². The second-order valence-electron chi connectivity index (χ2n) is 4.00. The number of aromatic nitrogens is 1. The Morgan fingerprint density at radius 2 is 1.94 bits per heavy atom. The van der Waals surface area contributed by atoms with Crippen LogP contribution >= 0.6 is 0 Å². The quantitative estimate of drug-likeness (QED) is 0.566. The summed E-state index contributed by atoms with van der Waals surface area (Å²) in [5.74, 6) is 0.967. The van der Waals surface area contributed by atoms with Gasteiger partial charge in [0.2, 0.25) is 5.58 Å². The van der Waals surface area contributed by atoms with Crippen molar-refractivity contribution in [1.82, 2.24) is 0 Å². The van der Waals surface area contributed by atoms with E-state index >= 15 is 0 Å². The van der Waals surface area contributed by atoms with E-state index in [9.17, 15) is 0 Å². The first-order valence-corrected chi connectivity index (χ1v) is 5.62. The molecule has 0 amide bonds. The van der Waals surface area contributed by atoms with Gasteiger partial charge in [-0.1, -0.05) is 24.3 Å². The average Bonchev–Trinajstić information content (AvgIpc) is 2.65. The minimum atomic E-state index is 0.942. The van der Waals surface area contributed by atoms with Gasteiger partial charge < -0.3 is 4.42 Å². The molecule has 0 fully saturated rings. The van der Waals surface area contributed by atoms with Gasteiger partial charge >= 0.3 is 5.89 Å². The van der Waals surface area contributed by atoms with Gasteiger partial charge in [-0.15, -0.1) is 0 Å². The topological polar surface area (TPSA) is 17.0 Å². The van der Waals surface area contributed by atoms with Gasteiger partial charge in [0, 0.05) is 11.5 Å². The van der Waals surface area contributed by atoms with Crippen molar-refractivity contribution in [3.05, 3.63) is 42.3 Å². The molecule has 1 heterocycles. The van der Waals surface area contributed by atoms with Gasteiger partial charge in [0.25, 0.3) is 5.52 Å². The molecule has 1 aromatic heterocycles. The van der Waals surface area contributed by atoms with Crippen LogP contribution < -0.4 is 4.57 Å². The zero-order valence-electron chi connectivity index (χ0n) is 9.53. The zero-order valence-corrected chi connectivity index (χ0v) is 9.53. The molecule has 80 valence electrons. The molecule has 0 radical (unpaired) electrons. The highest BCUT2D eigenvalue weighted by Crippen LogP contribution is 2.24. The third kappa shape index (κ3) is 1.16. The first-order valence-electron chi connectivity index (χ1n) is 5.62. The third-order valence-corrected chi connectivity index (χ3v) is 3.10. The second kappa shape index (κ2) is 3.34. The maximum atomic E-state index is 5.87. The minimum absolute atomic E-state index is 0.942. The predicted molar refractivity (Wildman–Crippen MR) is 64.3 cm³/mol. The molecule has 0 aliphatic heterocycles. The van der Waals surface area contributed by atoms with Crippen LogP contribution in [0.1, 0.15) is 12.8 Å². The Labute approximate surface area is 94.1 Å². The molecular weight excluding hydrogens is 198 g/mol. The first-order chi connectivity index (χ1) is 7.81. The molecule has 0 spiro atoms. The number of aryl methyl sites for hydroxylation is 2. The largest absolute Gasteiger partial charge is 0.401 e. The van der Waals surface area contributed by atoms with E-state index in [1.165, 1.54) is 16.3 Å². The Hall–Kier alpha value is -1.83. The lowest BCUT2D eigenvalue weighted by Gasteiger charge is -1.94. The van der Waals surface area contributed by atoms with Crippen LogP contribution in [0.2, 0.25) is 0 Å². The summed E-state index contributed by atoms with van der Waals surface area (Å²) in [5.41, 5.74) is 2.18. The lowest BCUT2D eigenvalue weighted by molar-refractivity contribution is -0.679. The van der Waals surface area contributed by atoms with Gasteiger partial charge in [-0.25, -0.2) is 0 Å². The van der Waals surface area contributed by atoms with Crippen LogP contribution in [0.25, 0.3) is 21.9 Å². The van der Waals surface area contributed by atoms with Crippen molar-refractivity contribution < 1.29 is 8.98 Å². The molecular formula is C14H14NO+. The van der Waals surface area contributed by atoms with Crippen molar-refractivity contribution in [2.45, 2.75) is 20.4 Å². The van der Waals surface area contributed by atoms with E-state index in [0.717, 1.165) is 18.0 Å². The predicted octanol–water partition coefficient (Wildman–Crippen LogP) is 3.20. The molecule has 0 atom stereocenters. The van der Waals surface area contributed by atoms with E-state index in [2.05, 4.69) is 47.9 Å². The monoisotopic (exact) mass is 212 g/mol. The Kier molecular flexibility index (Phi) is 1.96. The van der Waals surface area contributed by atoms with E-state index < -0.39 is 0 Å². The smallest absolute Gasteiger partial charge is 0.344 e. The fraction of sp³-hybridized carbons (Fsp3) is 0.214. The first kappa shape index (κ1) is 9.40. The molecule has 0 saturated carbocycles. The Bertz CT molecular complexity index is 667. The highest BCUT2D eigenvalue weighted by molar-refractivity contribution is 6.01. The van der Waals surface area contributed by atoms with E-state index in [0.29, 0.717) is 0 Å². The number of fused-ring (bicyclic) bond motifs is 3. The van der Waals surface area contributed by atoms with Crippen LogP contribution in [-0.2, 0) is 6.54 Å². The number of hydrogen-bond acceptors (Lipinski definition) is 1. The summed E-state index contributed by atoms with van der Waals surface area (Å²) in [7, 11) is 0. The van der Waals surface area contributed by atoms with Gasteiger partial charge in [-0.2, -0.15) is 4.57 Å². The third-order valence-electron chi connectivity index (χ3n) is 3.10. The van der Waals surface area contributed by atoms with Gasteiger partial charge in [-0.05, 0) is 18.4 Å². The summed E-state index contributed by atoms with van der Waals surface area (Å²) in [4.78, 5) is 0. The van der Waals surface area contributed by atoms with Gasteiger partial charge in [-0.3, -0.25) is 0 Å². The lowest BCUT2D eigenvalue weighted by atomic mass is 10.1. The van der Waals surface area contributed by atoms with E-state index in [1.54, 1.807) is 0 Å². The number of rotatable bonds is 1. The Morgan fingerprint density at radius 3 is 2.75 bits per heavy atom. The lowest BCUT2D eigenvalue weighted by Crippen LogP contribution is -2.33. The van der Waals surface area contributed by atoms with Crippen LogP contribution in [0, 0.1) is 6.92 Å². The summed E-state index contributed by atoms with van der Waals surface area (Å²) in [5, 5.41) is 2.42. The fourth-order valence-corrected chi connectivity index (χ4v) is 2.32. The van der Waals surface area contributed by atoms with Crippen molar-refractivity contribution in [3.8, 4) is 0 Å². The van der Waals surface area contributed by atoms with Crippen molar-refractivity contribution in [1.29, 1.82) is 0 Å². The normalized spacial score (nSPS) is 11.4. The number of oxazole rings is 1. The summed E-state index contributed by atoms with van der Waals surface area (Å²) in [6.45, 7) is 5.09. The van der Waals surface area contributed by atoms with Crippen molar-refractivity contribution >= 4 is 21.9 Å². The molecule has 2 aromatic carbocycles. The standard InChI is InChI=1S/C14H14NO/c1-3-15-10(2)16-14-12-7-5-4-6-11(12)8-9-13(14)15/h4-9H,3H2,1-2H3/q+1. The van der Waals surface area contributed by atoms with Crippen LogP contribution in [0.3, 0.4) is 0 Å². The SMILES string of the molecule is CC[n+]1c(C)oc2c3ccccc3ccc21. The molecule has 0 unspecified atom stereocenters. The summed E-state index contributed by atoms with van der Waals surface area (Å²) in [6.07, 6.45) is 0. The minimum Gasteiger partial charge on any atom is -0.401 e. The zero-order chi connectivity index (χ0) is 11.1. The van der Waals surface area contributed by atoms with E-state index in [4.69, 9.17) is 4.42 Å². The molecule has 0 N–H and O–H groups in total. The molecule has 3 rings (SSSR count). The van der Waals surface area contributed by atoms with Crippen molar-refractivity contribution in [2.24, 2.45) is 0 Å². The highest BCUT2D eigenvalue weighted by atomic mass is 16.3. The van der Waals surface area contributed by atoms with Gasteiger partial charge in [0.05, 0.1) is 6.92 Å². The van der Waals surface area contributed by atoms with Crippen LogP contribution in [-0.4, -0.2) is 0 Å². The summed E-state index contributed by atoms with van der Waals surface area (Å²) < 4.78 is 8.06. The molecule has 0 bridgehead atoms. The molecule has 3 aromatic rings. The summed E-state index contributed by atoms with van der Waals surface area (Å²) in [6, 6.07) is 12.6. The van der Waals surface area contributed by atoms with Crippen LogP contribution in [0.15, 0.2) is 40.8 Å². The number of hydrogen-bond donors (Lipinski definition) is 0. The van der Waals surface area contributed by atoms with Crippen molar-refractivity contribution in [2.75, 3.05) is 0 Å². The molecule has 0 aliphatic rings. The fourth-order valence-electron chi connectivity index (χ4n) is 2.32. The van der Waals surface area contributed by atoms with Gasteiger partial charge in [0.15, 0.2) is 0 Å². The molecule has 2 heteroatoms. The number of nitrogens with zero attached hydrogens (tertiary/aromatic N) is 1.